The molecule has 184 valence electrons. The van der Waals surface area contributed by atoms with Crippen LogP contribution in [-0.4, -0.2) is 20.9 Å². The Hall–Kier alpha value is -4.38. The van der Waals surface area contributed by atoms with Crippen molar-refractivity contribution < 1.29 is 14.2 Å². The highest BCUT2D eigenvalue weighted by Crippen LogP contribution is 2.37. The molecule has 37 heavy (non-hydrogen) atoms. The summed E-state index contributed by atoms with van der Waals surface area (Å²) in [6.45, 7) is 1.14. The topological polar surface area (TPSA) is 115 Å². The Morgan fingerprint density at radius 1 is 1.08 bits per heavy atom. The predicted molar refractivity (Wildman–Crippen MR) is 137 cm³/mol. The van der Waals surface area contributed by atoms with E-state index in [0.717, 1.165) is 22.4 Å². The molecule has 4 aromatic rings. The lowest BCUT2D eigenvalue weighted by atomic mass is 9.97. The lowest BCUT2D eigenvalue weighted by Crippen LogP contribution is -2.24. The van der Waals surface area contributed by atoms with Crippen molar-refractivity contribution in [1.29, 1.82) is 10.5 Å². The summed E-state index contributed by atoms with van der Waals surface area (Å²) in [7, 11) is 1.64. The Bertz CT molecular complexity index is 1640. The Balaban J connectivity index is 1.34. The maximum atomic E-state index is 12.4. The zero-order valence-corrected chi connectivity index (χ0v) is 21.4. The molecule has 0 saturated heterocycles. The molecule has 0 bridgehead atoms. The minimum atomic E-state index is -0.351. The lowest BCUT2D eigenvalue weighted by Gasteiger charge is -2.15. The van der Waals surface area contributed by atoms with Gasteiger partial charge in [-0.05, 0) is 63.0 Å². The Morgan fingerprint density at radius 3 is 2.73 bits per heavy atom. The van der Waals surface area contributed by atoms with Crippen molar-refractivity contribution in [3.63, 3.8) is 0 Å². The zero-order valence-electron chi connectivity index (χ0n) is 19.8. The average Bonchev–Trinajstić information content (AvgIpc) is 3.57. The summed E-state index contributed by atoms with van der Waals surface area (Å²) in [6, 6.07) is 16.8. The van der Waals surface area contributed by atoms with Crippen molar-refractivity contribution in [1.82, 2.24) is 14.1 Å². The van der Waals surface area contributed by atoms with Gasteiger partial charge in [0.25, 0.3) is 5.56 Å². The molecule has 0 N–H and O–H groups in total. The van der Waals surface area contributed by atoms with E-state index in [0.29, 0.717) is 40.4 Å². The molecule has 5 rings (SSSR count). The third kappa shape index (κ3) is 4.85. The molecule has 0 unspecified atom stereocenters. The summed E-state index contributed by atoms with van der Waals surface area (Å²) in [5.41, 5.74) is 4.50. The number of fused-ring (bicyclic) bond motifs is 1. The number of aromatic nitrogens is 3. The maximum Gasteiger partial charge on any atom is 0.268 e. The third-order valence-corrected chi connectivity index (χ3v) is 6.84. The van der Waals surface area contributed by atoms with Crippen LogP contribution in [0.3, 0.4) is 0 Å². The van der Waals surface area contributed by atoms with Crippen LogP contribution in [-0.2, 0) is 31.5 Å². The second-order valence-electron chi connectivity index (χ2n) is 8.39. The van der Waals surface area contributed by atoms with Crippen molar-refractivity contribution >= 4 is 15.9 Å². The number of rotatable bonds is 7. The number of pyridine rings is 1. The first-order chi connectivity index (χ1) is 18.0. The summed E-state index contributed by atoms with van der Waals surface area (Å²) >= 11 is 3.47. The van der Waals surface area contributed by atoms with Gasteiger partial charge in [-0.3, -0.25) is 4.79 Å². The Kier molecular flexibility index (Phi) is 6.78. The standard InChI is InChI=1S/C27H20BrN5O4/c1-32-24(23(28)7-20(10-30)27(32)34)12-33-15-31-11-21(33)14-35-13-19-3-2-17(9-29)6-22(19)18-4-5-25-26(8-18)37-16-36-25/h2-8,11,15H,12-14,16H2,1H3. The lowest BCUT2D eigenvalue weighted by molar-refractivity contribution is 0.103. The van der Waals surface area contributed by atoms with Gasteiger partial charge in [0.05, 0.1) is 55.3 Å². The van der Waals surface area contributed by atoms with Gasteiger partial charge in [0.2, 0.25) is 6.79 Å². The van der Waals surface area contributed by atoms with Crippen LogP contribution in [0.5, 0.6) is 11.5 Å². The number of ether oxygens (including phenoxy) is 3. The van der Waals surface area contributed by atoms with Crippen molar-refractivity contribution in [3.8, 4) is 34.8 Å². The summed E-state index contributed by atoms with van der Waals surface area (Å²) in [5, 5.41) is 18.6. The van der Waals surface area contributed by atoms with Gasteiger partial charge < -0.3 is 23.3 Å². The minimum Gasteiger partial charge on any atom is -0.454 e. The summed E-state index contributed by atoms with van der Waals surface area (Å²) < 4.78 is 21.0. The average molecular weight is 558 g/mol. The maximum absolute atomic E-state index is 12.4. The van der Waals surface area contributed by atoms with E-state index in [1.165, 1.54) is 10.6 Å². The molecule has 2 aromatic heterocycles. The first kappa shape index (κ1) is 24.3. The van der Waals surface area contributed by atoms with E-state index in [2.05, 4.69) is 27.0 Å². The van der Waals surface area contributed by atoms with Gasteiger partial charge >= 0.3 is 0 Å². The van der Waals surface area contributed by atoms with Crippen LogP contribution in [0.15, 0.2) is 64.3 Å². The third-order valence-electron chi connectivity index (χ3n) is 6.16. The second kappa shape index (κ2) is 10.3. The first-order valence-corrected chi connectivity index (χ1v) is 12.1. The second-order valence-corrected chi connectivity index (χ2v) is 9.24. The normalized spacial score (nSPS) is 11.8. The largest absolute Gasteiger partial charge is 0.454 e. The van der Waals surface area contributed by atoms with Crippen molar-refractivity contribution in [2.75, 3.05) is 6.79 Å². The number of hydrogen-bond acceptors (Lipinski definition) is 7. The summed E-state index contributed by atoms with van der Waals surface area (Å²) in [5.74, 6) is 1.36. The highest BCUT2D eigenvalue weighted by molar-refractivity contribution is 9.10. The van der Waals surface area contributed by atoms with Gasteiger partial charge in [0.1, 0.15) is 11.6 Å². The molecule has 0 amide bonds. The Morgan fingerprint density at radius 2 is 1.92 bits per heavy atom. The molecule has 2 aromatic carbocycles. The van der Waals surface area contributed by atoms with Gasteiger partial charge in [-0.1, -0.05) is 12.1 Å². The fraction of sp³-hybridized carbons (Fsp3) is 0.185. The van der Waals surface area contributed by atoms with E-state index in [4.69, 9.17) is 19.5 Å². The van der Waals surface area contributed by atoms with Gasteiger partial charge in [0.15, 0.2) is 11.5 Å². The van der Waals surface area contributed by atoms with Gasteiger partial charge in [-0.15, -0.1) is 0 Å². The van der Waals surface area contributed by atoms with E-state index >= 15 is 0 Å². The SMILES string of the molecule is Cn1c(Cn2cncc2COCc2ccc(C#N)cc2-c2ccc3c(c2)OCO3)c(Br)cc(C#N)c1=O. The van der Waals surface area contributed by atoms with E-state index in [9.17, 15) is 10.1 Å². The summed E-state index contributed by atoms with van der Waals surface area (Å²) in [6.07, 6.45) is 3.39. The molecule has 10 heteroatoms. The van der Waals surface area contributed by atoms with E-state index in [1.54, 1.807) is 25.6 Å². The Labute approximate surface area is 220 Å². The first-order valence-electron chi connectivity index (χ1n) is 11.3. The highest BCUT2D eigenvalue weighted by atomic mass is 79.9. The molecule has 0 aliphatic carbocycles. The fourth-order valence-electron chi connectivity index (χ4n) is 4.14. The van der Waals surface area contributed by atoms with Gasteiger partial charge in [-0.25, -0.2) is 4.98 Å². The van der Waals surface area contributed by atoms with Crippen LogP contribution in [0.4, 0.5) is 0 Å². The number of benzene rings is 2. The molecule has 0 fully saturated rings. The highest BCUT2D eigenvalue weighted by Gasteiger charge is 2.17. The fourth-order valence-corrected chi connectivity index (χ4v) is 4.76. The molecule has 0 radical (unpaired) electrons. The summed E-state index contributed by atoms with van der Waals surface area (Å²) in [4.78, 5) is 16.7. The molecule has 9 nitrogen and oxygen atoms in total. The molecular weight excluding hydrogens is 538 g/mol. The quantitative estimate of drug-likeness (QED) is 0.333. The molecular formula is C27H20BrN5O4. The van der Waals surface area contributed by atoms with Gasteiger partial charge in [-0.2, -0.15) is 10.5 Å². The smallest absolute Gasteiger partial charge is 0.268 e. The van der Waals surface area contributed by atoms with E-state index < -0.39 is 0 Å². The van der Waals surface area contributed by atoms with Crippen LogP contribution in [0.1, 0.15) is 28.1 Å². The van der Waals surface area contributed by atoms with E-state index in [1.807, 2.05) is 41.0 Å². The molecule has 3 heterocycles. The van der Waals surface area contributed by atoms with Gasteiger partial charge in [0, 0.05) is 11.5 Å². The molecule has 1 aliphatic rings. The number of nitrogens with zero attached hydrogens (tertiary/aromatic N) is 5. The van der Waals surface area contributed by atoms with Crippen LogP contribution < -0.4 is 15.0 Å². The number of halogens is 1. The van der Waals surface area contributed by atoms with Crippen molar-refractivity contribution in [2.24, 2.45) is 7.05 Å². The molecule has 0 atom stereocenters. The monoisotopic (exact) mass is 557 g/mol. The number of imidazole rings is 1. The number of nitriles is 2. The van der Waals surface area contributed by atoms with Crippen molar-refractivity contribution in [3.05, 3.63) is 97.9 Å². The van der Waals surface area contributed by atoms with Crippen LogP contribution in [0.25, 0.3) is 11.1 Å². The predicted octanol–water partition coefficient (Wildman–Crippen LogP) is 4.25. The zero-order chi connectivity index (χ0) is 25.9. The number of hydrogen-bond donors (Lipinski definition) is 0. The van der Waals surface area contributed by atoms with E-state index in [-0.39, 0.29) is 24.5 Å². The van der Waals surface area contributed by atoms with Crippen LogP contribution in [0.2, 0.25) is 0 Å². The minimum absolute atomic E-state index is 0.0768. The molecule has 1 aliphatic heterocycles. The van der Waals surface area contributed by atoms with Crippen molar-refractivity contribution in [2.45, 2.75) is 19.8 Å². The molecule has 0 saturated carbocycles. The van der Waals surface area contributed by atoms with Crippen LogP contribution >= 0.6 is 15.9 Å². The molecule has 0 spiro atoms. The van der Waals surface area contributed by atoms with Crippen LogP contribution in [0, 0.1) is 22.7 Å².